The van der Waals surface area contributed by atoms with Crippen LogP contribution in [-0.2, 0) is 19.6 Å². The number of rotatable bonds is 4. The molecule has 2 heterocycles. The molecule has 0 spiro atoms. The van der Waals surface area contributed by atoms with Gasteiger partial charge in [-0.2, -0.15) is 4.31 Å². The van der Waals surface area contributed by atoms with Crippen LogP contribution >= 0.6 is 27.3 Å². The molecular formula is C11H15BrN2O4S2. The molecule has 1 atom stereocenters. The highest BCUT2D eigenvalue weighted by atomic mass is 79.9. The summed E-state index contributed by atoms with van der Waals surface area (Å²) in [6, 6.07) is 2.41. The zero-order valence-electron chi connectivity index (χ0n) is 10.8. The van der Waals surface area contributed by atoms with Gasteiger partial charge in [0.15, 0.2) is 0 Å². The van der Waals surface area contributed by atoms with E-state index in [0.29, 0.717) is 6.54 Å². The summed E-state index contributed by atoms with van der Waals surface area (Å²) in [5.74, 6) is -0.515. The number of nitrogens with zero attached hydrogens (tertiary/aromatic N) is 1. The van der Waals surface area contributed by atoms with Gasteiger partial charge < -0.3 is 10.1 Å². The van der Waals surface area contributed by atoms with Gasteiger partial charge in [-0.25, -0.2) is 8.42 Å². The fourth-order valence-corrected chi connectivity index (χ4v) is 5.68. The van der Waals surface area contributed by atoms with Crippen molar-refractivity contribution in [1.29, 1.82) is 0 Å². The average Bonchev–Trinajstić information content (AvgIpc) is 2.86. The van der Waals surface area contributed by atoms with E-state index in [9.17, 15) is 13.2 Å². The minimum absolute atomic E-state index is 0.223. The summed E-state index contributed by atoms with van der Waals surface area (Å²) in [5.41, 5.74) is 0. The first kappa shape index (κ1) is 15.9. The standard InChI is InChI=1S/C11H15BrN2O4S2/c1-2-18-11(15)8-7-13-5-6-14(8)20(16,17)10-4-3-9(12)19-10/h3-4,8,13H,2,5-7H2,1H3. The summed E-state index contributed by atoms with van der Waals surface area (Å²) in [6.45, 7) is 2.96. The zero-order chi connectivity index (χ0) is 14.8. The van der Waals surface area contributed by atoms with Gasteiger partial charge in [-0.05, 0) is 35.0 Å². The van der Waals surface area contributed by atoms with E-state index in [2.05, 4.69) is 21.2 Å². The summed E-state index contributed by atoms with van der Waals surface area (Å²) in [7, 11) is -3.67. The Morgan fingerprint density at radius 1 is 1.60 bits per heavy atom. The smallest absolute Gasteiger partial charge is 0.325 e. The number of esters is 1. The number of ether oxygens (including phenoxy) is 1. The van der Waals surface area contributed by atoms with Crippen LogP contribution in [0, 0.1) is 0 Å². The minimum atomic E-state index is -3.67. The van der Waals surface area contributed by atoms with Crippen LogP contribution in [0.25, 0.3) is 0 Å². The van der Waals surface area contributed by atoms with E-state index in [4.69, 9.17) is 4.74 Å². The Balaban J connectivity index is 2.29. The molecule has 112 valence electrons. The molecule has 9 heteroatoms. The molecule has 1 aliphatic rings. The fourth-order valence-electron chi connectivity index (χ4n) is 1.96. The van der Waals surface area contributed by atoms with E-state index in [-0.39, 0.29) is 23.9 Å². The third-order valence-electron chi connectivity index (χ3n) is 2.86. The molecule has 0 radical (unpaired) electrons. The Morgan fingerprint density at radius 3 is 2.95 bits per heavy atom. The largest absolute Gasteiger partial charge is 0.465 e. The third-order valence-corrected chi connectivity index (χ3v) is 6.86. The number of piperazine rings is 1. The molecule has 0 saturated carbocycles. The number of nitrogens with one attached hydrogen (secondary N) is 1. The van der Waals surface area contributed by atoms with Crippen molar-refractivity contribution in [2.24, 2.45) is 0 Å². The van der Waals surface area contributed by atoms with Gasteiger partial charge in [-0.15, -0.1) is 11.3 Å². The van der Waals surface area contributed by atoms with Crippen LogP contribution in [0.1, 0.15) is 6.92 Å². The minimum Gasteiger partial charge on any atom is -0.465 e. The fraction of sp³-hybridized carbons (Fsp3) is 0.545. The number of thiophene rings is 1. The van der Waals surface area contributed by atoms with Gasteiger partial charge in [0.05, 0.1) is 10.4 Å². The summed E-state index contributed by atoms with van der Waals surface area (Å²) in [4.78, 5) is 11.9. The maximum Gasteiger partial charge on any atom is 0.325 e. The van der Waals surface area contributed by atoms with Crippen molar-refractivity contribution < 1.29 is 17.9 Å². The topological polar surface area (TPSA) is 75.7 Å². The molecule has 1 saturated heterocycles. The second-order valence-electron chi connectivity index (χ2n) is 4.15. The summed E-state index contributed by atoms with van der Waals surface area (Å²) in [5, 5.41) is 3.02. The third kappa shape index (κ3) is 3.22. The van der Waals surface area contributed by atoms with Gasteiger partial charge in [0, 0.05) is 19.6 Å². The number of hydrogen-bond donors (Lipinski definition) is 1. The zero-order valence-corrected chi connectivity index (χ0v) is 14.1. The normalized spacial score (nSPS) is 20.8. The highest BCUT2D eigenvalue weighted by Gasteiger charge is 2.39. The Kier molecular flexibility index (Phi) is 5.19. The maximum absolute atomic E-state index is 12.6. The van der Waals surface area contributed by atoms with Gasteiger partial charge in [0.1, 0.15) is 10.3 Å². The van der Waals surface area contributed by atoms with E-state index in [1.165, 1.54) is 10.4 Å². The van der Waals surface area contributed by atoms with Crippen LogP contribution in [0.3, 0.4) is 0 Å². The van der Waals surface area contributed by atoms with Crippen molar-refractivity contribution in [2.45, 2.75) is 17.2 Å². The molecule has 1 fully saturated rings. The predicted octanol–water partition coefficient (Wildman–Crippen LogP) is 1.04. The van der Waals surface area contributed by atoms with Crippen LogP contribution in [0.5, 0.6) is 0 Å². The molecule has 0 bridgehead atoms. The number of carbonyl (C=O) groups is 1. The lowest BCUT2D eigenvalue weighted by Crippen LogP contribution is -2.57. The van der Waals surface area contributed by atoms with Gasteiger partial charge >= 0.3 is 5.97 Å². The first-order chi connectivity index (χ1) is 9.46. The van der Waals surface area contributed by atoms with Crippen LogP contribution in [0.2, 0.25) is 0 Å². The number of carbonyl (C=O) groups excluding carboxylic acids is 1. The summed E-state index contributed by atoms with van der Waals surface area (Å²) < 4.78 is 32.3. The Hall–Kier alpha value is -0.480. The monoisotopic (exact) mass is 382 g/mol. The van der Waals surface area contributed by atoms with Crippen LogP contribution in [0.4, 0.5) is 0 Å². The lowest BCUT2D eigenvalue weighted by Gasteiger charge is -2.32. The van der Waals surface area contributed by atoms with E-state index in [1.54, 1.807) is 13.0 Å². The Labute approximate surface area is 130 Å². The van der Waals surface area contributed by atoms with Crippen molar-refractivity contribution >= 4 is 43.3 Å². The molecule has 20 heavy (non-hydrogen) atoms. The second-order valence-corrected chi connectivity index (χ2v) is 8.73. The molecule has 1 aromatic heterocycles. The summed E-state index contributed by atoms with van der Waals surface area (Å²) in [6.07, 6.45) is 0. The maximum atomic E-state index is 12.6. The van der Waals surface area contributed by atoms with Crippen molar-refractivity contribution in [3.05, 3.63) is 15.9 Å². The lowest BCUT2D eigenvalue weighted by atomic mass is 10.2. The molecular weight excluding hydrogens is 368 g/mol. The second kappa shape index (κ2) is 6.52. The number of hydrogen-bond acceptors (Lipinski definition) is 6. The highest BCUT2D eigenvalue weighted by molar-refractivity contribution is 9.11. The van der Waals surface area contributed by atoms with Gasteiger partial charge in [0.25, 0.3) is 10.0 Å². The lowest BCUT2D eigenvalue weighted by molar-refractivity contribution is -0.148. The quantitative estimate of drug-likeness (QED) is 0.787. The van der Waals surface area contributed by atoms with E-state index in [0.717, 1.165) is 15.1 Å². The van der Waals surface area contributed by atoms with E-state index in [1.807, 2.05) is 0 Å². The molecule has 1 unspecified atom stereocenters. The molecule has 1 N–H and O–H groups in total. The van der Waals surface area contributed by atoms with E-state index >= 15 is 0 Å². The molecule has 6 nitrogen and oxygen atoms in total. The van der Waals surface area contributed by atoms with Gasteiger partial charge in [0.2, 0.25) is 0 Å². The van der Waals surface area contributed by atoms with Crippen LogP contribution in [-0.4, -0.2) is 51.0 Å². The van der Waals surface area contributed by atoms with E-state index < -0.39 is 22.0 Å². The van der Waals surface area contributed by atoms with Crippen molar-refractivity contribution in [3.8, 4) is 0 Å². The molecule has 0 aliphatic carbocycles. The molecule has 0 amide bonds. The van der Waals surface area contributed by atoms with Gasteiger partial charge in [-0.1, -0.05) is 0 Å². The average molecular weight is 383 g/mol. The van der Waals surface area contributed by atoms with Crippen molar-refractivity contribution in [2.75, 3.05) is 26.2 Å². The highest BCUT2D eigenvalue weighted by Crippen LogP contribution is 2.29. The molecule has 2 rings (SSSR count). The van der Waals surface area contributed by atoms with Crippen LogP contribution in [0.15, 0.2) is 20.1 Å². The summed E-state index contributed by atoms with van der Waals surface area (Å²) >= 11 is 4.38. The molecule has 0 aromatic carbocycles. The Bertz CT molecular complexity index is 587. The van der Waals surface area contributed by atoms with Crippen molar-refractivity contribution in [1.82, 2.24) is 9.62 Å². The van der Waals surface area contributed by atoms with Gasteiger partial charge in [-0.3, -0.25) is 4.79 Å². The molecule has 1 aromatic rings. The first-order valence-electron chi connectivity index (χ1n) is 6.11. The number of sulfonamides is 1. The Morgan fingerprint density at radius 2 is 2.35 bits per heavy atom. The predicted molar refractivity (Wildman–Crippen MR) is 79.2 cm³/mol. The first-order valence-corrected chi connectivity index (χ1v) is 9.16. The molecule has 1 aliphatic heterocycles. The van der Waals surface area contributed by atoms with Crippen molar-refractivity contribution in [3.63, 3.8) is 0 Å². The van der Waals surface area contributed by atoms with Crippen LogP contribution < -0.4 is 5.32 Å². The SMILES string of the molecule is CCOC(=O)C1CNCCN1S(=O)(=O)c1ccc(Br)s1. The number of halogens is 1.